The van der Waals surface area contributed by atoms with E-state index in [-0.39, 0.29) is 47.9 Å². The molecule has 2 aliphatic heterocycles. The average Bonchev–Trinajstić information content (AvgIpc) is 3.26. The van der Waals surface area contributed by atoms with Crippen LogP contribution in [0.5, 0.6) is 0 Å². The first-order valence-electron chi connectivity index (χ1n) is 15.6. The van der Waals surface area contributed by atoms with Crippen molar-refractivity contribution in [1.82, 2.24) is 15.5 Å². The molecule has 0 spiro atoms. The number of esters is 2. The highest BCUT2D eigenvalue weighted by Gasteiger charge is 2.71. The van der Waals surface area contributed by atoms with E-state index in [2.05, 4.69) is 24.5 Å². The van der Waals surface area contributed by atoms with Crippen LogP contribution in [-0.4, -0.2) is 78.5 Å². The smallest absolute Gasteiger partial charge is 0.331 e. The molecule has 0 radical (unpaired) electrons. The van der Waals surface area contributed by atoms with Crippen molar-refractivity contribution >= 4 is 18.0 Å². The number of amides is 2. The normalized spacial score (nSPS) is 44.9. The number of cyclic esters (lactones) is 1. The minimum absolute atomic E-state index is 0.0749. The van der Waals surface area contributed by atoms with Crippen molar-refractivity contribution in [2.75, 3.05) is 32.8 Å². The Hall–Kier alpha value is -2.13. The Morgan fingerprint density at radius 3 is 2.70 bits per heavy atom. The molecule has 40 heavy (non-hydrogen) atoms. The highest BCUT2D eigenvalue weighted by Crippen LogP contribution is 2.70. The number of carbonyl (C=O) groups excluding carboxylic acids is 3. The summed E-state index contributed by atoms with van der Waals surface area (Å²) in [6.45, 7) is 9.60. The molecular formula is C31H47N3O6. The fraction of sp³-hybridized carbons (Fsp3) is 0.839. The van der Waals surface area contributed by atoms with Gasteiger partial charge < -0.3 is 30.1 Å². The zero-order valence-electron chi connectivity index (χ0n) is 24.4. The molecule has 2 heterocycles. The summed E-state index contributed by atoms with van der Waals surface area (Å²) >= 11 is 0. The minimum atomic E-state index is -0.979. The molecule has 4 saturated carbocycles. The summed E-state index contributed by atoms with van der Waals surface area (Å²) in [5, 5.41) is 19.4. The van der Waals surface area contributed by atoms with E-state index in [1.165, 1.54) is 6.92 Å². The maximum atomic E-state index is 13.0. The zero-order chi connectivity index (χ0) is 28.3. The summed E-state index contributed by atoms with van der Waals surface area (Å²) in [7, 11) is 0. The Labute approximate surface area is 237 Å². The summed E-state index contributed by atoms with van der Waals surface area (Å²) in [6, 6.07) is 0.275. The van der Waals surface area contributed by atoms with E-state index in [0.717, 1.165) is 83.1 Å². The molecule has 0 aromatic heterocycles. The van der Waals surface area contributed by atoms with Crippen molar-refractivity contribution < 1.29 is 29.0 Å². The molecular weight excluding hydrogens is 510 g/mol. The monoisotopic (exact) mass is 557 g/mol. The highest BCUT2D eigenvalue weighted by atomic mass is 16.5. The molecule has 222 valence electrons. The van der Waals surface area contributed by atoms with Crippen LogP contribution in [0.1, 0.15) is 78.6 Å². The standard InChI is InChI=1S/C31H47N3O6/c1-19(35)40-25-17-31(38)24-6-5-21-16-22(33-28(37)34-13-4-11-32-12-14-34)7-9-29(21,2)23(24)8-10-30(31,3)27(25)20-15-26(36)39-18-20/h15,21-25,27,32,38H,4-14,16-18H2,1-3H3,(H,33,37)/t21-,22+,23+,24-,25+,27+,29+,30-,31+/m1/s1. The van der Waals surface area contributed by atoms with Gasteiger partial charge in [0.1, 0.15) is 12.7 Å². The van der Waals surface area contributed by atoms with Gasteiger partial charge in [0.2, 0.25) is 0 Å². The van der Waals surface area contributed by atoms with Gasteiger partial charge in [-0.2, -0.15) is 0 Å². The van der Waals surface area contributed by atoms with Crippen LogP contribution in [0.25, 0.3) is 0 Å². The number of rotatable bonds is 3. The maximum absolute atomic E-state index is 13.0. The number of aliphatic hydroxyl groups is 1. The van der Waals surface area contributed by atoms with Crippen LogP contribution in [0.4, 0.5) is 4.79 Å². The lowest BCUT2D eigenvalue weighted by atomic mass is 9.43. The van der Waals surface area contributed by atoms with E-state index in [1.807, 2.05) is 4.90 Å². The average molecular weight is 558 g/mol. The van der Waals surface area contributed by atoms with E-state index in [1.54, 1.807) is 6.08 Å². The minimum Gasteiger partial charge on any atom is -0.462 e. The van der Waals surface area contributed by atoms with Gasteiger partial charge in [-0.3, -0.25) is 4.79 Å². The Kier molecular flexibility index (Phi) is 7.21. The molecule has 5 fully saturated rings. The van der Waals surface area contributed by atoms with E-state index >= 15 is 0 Å². The van der Waals surface area contributed by atoms with Crippen LogP contribution in [0.15, 0.2) is 11.6 Å². The molecule has 0 unspecified atom stereocenters. The molecule has 0 aromatic rings. The summed E-state index contributed by atoms with van der Waals surface area (Å²) in [6.07, 6.45) is 9.30. The van der Waals surface area contributed by atoms with Crippen LogP contribution in [0.2, 0.25) is 0 Å². The van der Waals surface area contributed by atoms with Crippen LogP contribution in [0, 0.1) is 34.5 Å². The molecule has 3 N–H and O–H groups in total. The first-order chi connectivity index (χ1) is 19.0. The van der Waals surface area contributed by atoms with Crippen LogP contribution < -0.4 is 10.6 Å². The van der Waals surface area contributed by atoms with Crippen LogP contribution >= 0.6 is 0 Å². The SMILES string of the molecule is CC(=O)O[C@H]1C[C@]2(O)[C@@H]3CC[C@@H]4C[C@@H](NC(=O)N5CCCNCC5)CC[C@]4(C)[C@H]3CC[C@]2(C)[C@H]1C1=CC(=O)OC1. The third-order valence-corrected chi connectivity index (χ3v) is 12.2. The third-order valence-electron chi connectivity index (χ3n) is 12.2. The lowest BCUT2D eigenvalue weighted by molar-refractivity contribution is -0.204. The number of nitrogens with one attached hydrogen (secondary N) is 2. The summed E-state index contributed by atoms with van der Waals surface area (Å²) < 4.78 is 11.1. The lowest BCUT2D eigenvalue weighted by Crippen LogP contribution is -2.63. The number of carbonyl (C=O) groups is 3. The molecule has 6 rings (SSSR count). The zero-order valence-corrected chi connectivity index (χ0v) is 24.4. The summed E-state index contributed by atoms with van der Waals surface area (Å²) in [5.41, 5.74) is -0.518. The summed E-state index contributed by atoms with van der Waals surface area (Å²) in [4.78, 5) is 39.1. The van der Waals surface area contributed by atoms with Crippen molar-refractivity contribution in [3.8, 4) is 0 Å². The van der Waals surface area contributed by atoms with Gasteiger partial charge in [0, 0.05) is 56.4 Å². The van der Waals surface area contributed by atoms with Gasteiger partial charge in [-0.25, -0.2) is 9.59 Å². The molecule has 0 bridgehead atoms. The number of nitrogens with zero attached hydrogens (tertiary/aromatic N) is 1. The largest absolute Gasteiger partial charge is 0.462 e. The fourth-order valence-electron chi connectivity index (χ4n) is 10.2. The van der Waals surface area contributed by atoms with Crippen molar-refractivity contribution in [3.05, 3.63) is 11.6 Å². The quantitative estimate of drug-likeness (QED) is 0.457. The van der Waals surface area contributed by atoms with Gasteiger partial charge in [-0.05, 0) is 86.7 Å². The molecule has 9 nitrogen and oxygen atoms in total. The predicted octanol–water partition coefficient (Wildman–Crippen LogP) is 3.16. The van der Waals surface area contributed by atoms with Gasteiger partial charge >= 0.3 is 18.0 Å². The second kappa shape index (κ2) is 10.3. The second-order valence-corrected chi connectivity index (χ2v) is 14.0. The van der Waals surface area contributed by atoms with Gasteiger partial charge in [-0.1, -0.05) is 13.8 Å². The Morgan fingerprint density at radius 1 is 1.12 bits per heavy atom. The van der Waals surface area contributed by atoms with E-state index in [0.29, 0.717) is 18.3 Å². The fourth-order valence-corrected chi connectivity index (χ4v) is 10.2. The number of hydrogen-bond acceptors (Lipinski definition) is 7. The second-order valence-electron chi connectivity index (χ2n) is 14.0. The number of ether oxygens (including phenoxy) is 2. The molecule has 9 atom stereocenters. The van der Waals surface area contributed by atoms with Gasteiger partial charge in [0.25, 0.3) is 0 Å². The van der Waals surface area contributed by atoms with Crippen molar-refractivity contribution in [3.63, 3.8) is 0 Å². The molecule has 0 aromatic carbocycles. The highest BCUT2D eigenvalue weighted by molar-refractivity contribution is 5.85. The summed E-state index contributed by atoms with van der Waals surface area (Å²) in [5.74, 6) is 0.0789. The van der Waals surface area contributed by atoms with Crippen molar-refractivity contribution in [1.29, 1.82) is 0 Å². The van der Waals surface area contributed by atoms with Crippen molar-refractivity contribution in [2.24, 2.45) is 34.5 Å². The maximum Gasteiger partial charge on any atom is 0.331 e. The molecule has 2 amide bonds. The number of fused-ring (bicyclic) bond motifs is 5. The van der Waals surface area contributed by atoms with E-state index in [9.17, 15) is 19.5 Å². The van der Waals surface area contributed by atoms with Crippen LogP contribution in [0.3, 0.4) is 0 Å². The lowest BCUT2D eigenvalue weighted by Gasteiger charge is -2.63. The van der Waals surface area contributed by atoms with Gasteiger partial charge in [-0.15, -0.1) is 0 Å². The Balaban J connectivity index is 1.20. The molecule has 1 saturated heterocycles. The van der Waals surface area contributed by atoms with Crippen LogP contribution in [-0.2, 0) is 19.1 Å². The topological polar surface area (TPSA) is 117 Å². The predicted molar refractivity (Wildman–Crippen MR) is 148 cm³/mol. The Morgan fingerprint density at radius 2 is 1.95 bits per heavy atom. The third kappa shape index (κ3) is 4.46. The molecule has 6 aliphatic rings. The van der Waals surface area contributed by atoms with E-state index in [4.69, 9.17) is 9.47 Å². The first-order valence-corrected chi connectivity index (χ1v) is 15.6. The van der Waals surface area contributed by atoms with E-state index < -0.39 is 17.1 Å². The van der Waals surface area contributed by atoms with Gasteiger partial charge in [0.15, 0.2) is 0 Å². The molecule has 9 heteroatoms. The number of urea groups is 1. The van der Waals surface area contributed by atoms with Gasteiger partial charge in [0.05, 0.1) is 5.60 Å². The Bertz CT molecular complexity index is 1070. The molecule has 4 aliphatic carbocycles. The number of hydrogen-bond donors (Lipinski definition) is 3. The first kappa shape index (κ1) is 28.0. The van der Waals surface area contributed by atoms with Crippen molar-refractivity contribution in [2.45, 2.75) is 96.3 Å².